The second-order valence-corrected chi connectivity index (χ2v) is 7.28. The quantitative estimate of drug-likeness (QED) is 0.373. The van der Waals surface area contributed by atoms with Crippen molar-refractivity contribution in [2.24, 2.45) is 4.99 Å². The van der Waals surface area contributed by atoms with E-state index in [9.17, 15) is 4.79 Å². The Kier molecular flexibility index (Phi) is 9.75. The zero-order valence-corrected chi connectivity index (χ0v) is 20.0. The van der Waals surface area contributed by atoms with E-state index < -0.39 is 5.97 Å². The maximum absolute atomic E-state index is 12.2. The van der Waals surface area contributed by atoms with Crippen LogP contribution in [0, 0.1) is 6.07 Å². The number of nitrogens with zero attached hydrogens (tertiary/aromatic N) is 1. The van der Waals surface area contributed by atoms with Crippen LogP contribution in [0.25, 0.3) is 17.2 Å². The van der Waals surface area contributed by atoms with Crippen molar-refractivity contribution < 1.29 is 44.3 Å². The third kappa shape index (κ3) is 7.84. The fourth-order valence-corrected chi connectivity index (χ4v) is 3.45. The number of aliphatic carboxylic acids is 1. The molecule has 4 rings (SSSR count). The third-order valence-corrected chi connectivity index (χ3v) is 4.81. The van der Waals surface area contributed by atoms with Gasteiger partial charge in [-0.2, -0.15) is 18.2 Å². The van der Waals surface area contributed by atoms with Gasteiger partial charge in [-0.15, -0.1) is 12.1 Å². The van der Waals surface area contributed by atoms with Crippen LogP contribution >= 0.6 is 11.8 Å². The van der Waals surface area contributed by atoms with E-state index in [0.717, 1.165) is 23.7 Å². The van der Waals surface area contributed by atoms with Crippen molar-refractivity contribution in [3.63, 3.8) is 0 Å². The number of aliphatic imine (C=N–C) groups is 1. The number of nitrogens with one attached hydrogen (secondary N) is 1. The van der Waals surface area contributed by atoms with E-state index in [1.54, 1.807) is 12.1 Å². The molecular formula is C24H19N2NaO3S. The molecule has 2 N–H and O–H groups in total. The Morgan fingerprint density at radius 2 is 1.58 bits per heavy atom. The summed E-state index contributed by atoms with van der Waals surface area (Å²) in [5.74, 6) is -0.955. The molecule has 0 unspecified atom stereocenters. The number of carbonyl (C=O) groups excluding carboxylic acids is 1. The number of carbonyl (C=O) groups is 2. The van der Waals surface area contributed by atoms with E-state index in [0.29, 0.717) is 10.1 Å². The summed E-state index contributed by atoms with van der Waals surface area (Å²) in [6, 6.07) is 28.6. The number of amides is 1. The summed E-state index contributed by atoms with van der Waals surface area (Å²) in [5, 5.41) is 10.8. The molecule has 31 heavy (non-hydrogen) atoms. The zero-order valence-electron chi connectivity index (χ0n) is 17.2. The SMILES string of the molecule is CC(=O)O.O=C1NC(=Nc2cc[c-]cc2)S/C1=C/c1ccc(-c2ccccc2)cc1.[Na+]. The van der Waals surface area contributed by atoms with Crippen LogP contribution < -0.4 is 34.9 Å². The van der Waals surface area contributed by atoms with Crippen LogP contribution in [0.1, 0.15) is 12.5 Å². The number of rotatable bonds is 3. The fraction of sp³-hybridized carbons (Fsp3) is 0.0417. The average molecular weight is 438 g/mol. The van der Waals surface area contributed by atoms with Crippen LogP contribution in [-0.2, 0) is 9.59 Å². The largest absolute Gasteiger partial charge is 1.00 e. The molecule has 0 aliphatic carbocycles. The average Bonchev–Trinajstić information content (AvgIpc) is 3.08. The second kappa shape index (κ2) is 12.3. The fourth-order valence-electron chi connectivity index (χ4n) is 2.60. The third-order valence-electron chi connectivity index (χ3n) is 3.90. The van der Waals surface area contributed by atoms with E-state index in [1.807, 2.05) is 48.5 Å². The van der Waals surface area contributed by atoms with Gasteiger partial charge in [0.2, 0.25) is 0 Å². The van der Waals surface area contributed by atoms with Gasteiger partial charge in [-0.25, -0.2) is 0 Å². The number of carboxylic acids is 1. The van der Waals surface area contributed by atoms with E-state index in [4.69, 9.17) is 9.90 Å². The molecule has 5 nitrogen and oxygen atoms in total. The summed E-state index contributed by atoms with van der Waals surface area (Å²) < 4.78 is 0. The Morgan fingerprint density at radius 1 is 1.00 bits per heavy atom. The van der Waals surface area contributed by atoms with E-state index in [1.165, 1.54) is 17.3 Å². The van der Waals surface area contributed by atoms with Crippen molar-refractivity contribution >= 4 is 40.6 Å². The van der Waals surface area contributed by atoms with Crippen molar-refractivity contribution in [3.05, 3.63) is 95.4 Å². The predicted octanol–water partition coefficient (Wildman–Crippen LogP) is 2.14. The summed E-state index contributed by atoms with van der Waals surface area (Å²) in [4.78, 5) is 26.3. The van der Waals surface area contributed by atoms with Crippen molar-refractivity contribution in [2.45, 2.75) is 6.92 Å². The molecule has 1 fully saturated rings. The number of benzene rings is 3. The molecule has 0 saturated carbocycles. The first-order valence-corrected chi connectivity index (χ1v) is 9.93. The molecule has 0 bridgehead atoms. The maximum atomic E-state index is 12.2. The maximum Gasteiger partial charge on any atom is 1.00 e. The number of carboxylic acid groups (broad SMARTS) is 1. The summed E-state index contributed by atoms with van der Waals surface area (Å²) in [5.41, 5.74) is 4.10. The first-order valence-electron chi connectivity index (χ1n) is 9.12. The Hall–Kier alpha value is -2.64. The Bertz CT molecular complexity index is 1080. The van der Waals surface area contributed by atoms with Gasteiger partial charge >= 0.3 is 29.6 Å². The molecule has 0 atom stereocenters. The van der Waals surface area contributed by atoms with Crippen molar-refractivity contribution in [1.82, 2.24) is 5.32 Å². The minimum absolute atomic E-state index is 0. The first-order chi connectivity index (χ1) is 14.5. The normalized spacial score (nSPS) is 14.9. The molecule has 3 aromatic carbocycles. The van der Waals surface area contributed by atoms with Gasteiger partial charge in [-0.05, 0) is 40.2 Å². The van der Waals surface area contributed by atoms with Gasteiger partial charge in [0.05, 0.1) is 4.91 Å². The Labute approximate surface area is 207 Å². The minimum atomic E-state index is -0.833. The number of amidine groups is 1. The van der Waals surface area contributed by atoms with Crippen LogP contribution in [0.2, 0.25) is 0 Å². The zero-order chi connectivity index (χ0) is 21.3. The van der Waals surface area contributed by atoms with Gasteiger partial charge < -0.3 is 10.4 Å². The van der Waals surface area contributed by atoms with E-state index in [2.05, 4.69) is 40.6 Å². The van der Waals surface area contributed by atoms with Gasteiger partial charge in [-0.1, -0.05) is 54.6 Å². The monoisotopic (exact) mass is 438 g/mol. The minimum Gasteiger partial charge on any atom is -0.481 e. The standard InChI is InChI=1S/C22H15N2OS.C2H4O2.Na/c25-21-20(26-22(24-21)23-19-9-5-2-6-10-19)15-16-11-13-18(14-12-16)17-7-3-1-4-8-17;1-2(3)4;/h1,3-15H,(H,23,24,25);1H3,(H,3,4);/q-1;;+1/b20-15+;;. The predicted molar refractivity (Wildman–Crippen MR) is 121 cm³/mol. The molecule has 0 spiro atoms. The summed E-state index contributed by atoms with van der Waals surface area (Å²) in [7, 11) is 0. The topological polar surface area (TPSA) is 78.8 Å². The molecule has 3 aromatic rings. The van der Waals surface area contributed by atoms with Crippen molar-refractivity contribution in [1.29, 1.82) is 0 Å². The van der Waals surface area contributed by atoms with Crippen LogP contribution in [0.15, 0.2) is 88.8 Å². The molecule has 1 amide bonds. The van der Waals surface area contributed by atoms with Crippen molar-refractivity contribution in [2.75, 3.05) is 0 Å². The summed E-state index contributed by atoms with van der Waals surface area (Å²) in [6.07, 6.45) is 1.88. The van der Waals surface area contributed by atoms with E-state index in [-0.39, 0.29) is 35.5 Å². The number of hydrogen-bond donors (Lipinski definition) is 2. The van der Waals surface area contributed by atoms with Gasteiger partial charge in [0.15, 0.2) is 5.17 Å². The molecule has 150 valence electrons. The molecule has 1 saturated heterocycles. The Balaban J connectivity index is 0.000000631. The number of hydrogen-bond acceptors (Lipinski definition) is 4. The van der Waals surface area contributed by atoms with Crippen molar-refractivity contribution in [3.8, 4) is 11.1 Å². The van der Waals surface area contributed by atoms with E-state index >= 15 is 0 Å². The molecule has 0 radical (unpaired) electrons. The summed E-state index contributed by atoms with van der Waals surface area (Å²) >= 11 is 1.35. The smallest absolute Gasteiger partial charge is 0.481 e. The van der Waals surface area contributed by atoms with Gasteiger partial charge in [-0.3, -0.25) is 14.6 Å². The molecule has 1 aliphatic heterocycles. The van der Waals surface area contributed by atoms with Gasteiger partial charge in [0.1, 0.15) is 0 Å². The van der Waals surface area contributed by atoms with Crippen LogP contribution in [-0.4, -0.2) is 22.2 Å². The summed E-state index contributed by atoms with van der Waals surface area (Å²) in [6.45, 7) is 1.08. The van der Waals surface area contributed by atoms with Crippen LogP contribution in [0.4, 0.5) is 5.69 Å². The molecule has 0 aromatic heterocycles. The number of thioether (sulfide) groups is 1. The molecule has 1 heterocycles. The molecule has 7 heteroatoms. The Morgan fingerprint density at radius 3 is 2.19 bits per heavy atom. The van der Waals surface area contributed by atoms with Gasteiger partial charge in [0, 0.05) is 6.92 Å². The van der Waals surface area contributed by atoms with Crippen LogP contribution in [0.5, 0.6) is 0 Å². The molecule has 1 aliphatic rings. The van der Waals surface area contributed by atoms with Crippen LogP contribution in [0.3, 0.4) is 0 Å². The second-order valence-electron chi connectivity index (χ2n) is 6.25. The molecular weight excluding hydrogens is 419 g/mol. The van der Waals surface area contributed by atoms with Gasteiger partial charge in [0.25, 0.3) is 11.9 Å². The first kappa shape index (κ1) is 24.6.